The van der Waals surface area contributed by atoms with Crippen LogP contribution in [-0.4, -0.2) is 12.0 Å². The molecule has 116 valence electrons. The molecule has 0 aliphatic heterocycles. The van der Waals surface area contributed by atoms with Gasteiger partial charge in [-0.15, -0.1) is 0 Å². The van der Waals surface area contributed by atoms with Gasteiger partial charge in [0.2, 0.25) is 0 Å². The van der Waals surface area contributed by atoms with Crippen molar-refractivity contribution in [3.8, 4) is 5.75 Å². The number of nitrogens with one attached hydrogen (secondary N) is 1. The van der Waals surface area contributed by atoms with Crippen LogP contribution in [0.3, 0.4) is 0 Å². The number of anilines is 2. The van der Waals surface area contributed by atoms with Crippen molar-refractivity contribution in [2.24, 2.45) is 0 Å². The highest BCUT2D eigenvalue weighted by atomic mass is 16.5. The van der Waals surface area contributed by atoms with E-state index >= 15 is 0 Å². The Bertz CT molecular complexity index is 653. The number of carbonyl (C=O) groups excluding carboxylic acids is 1. The molecule has 0 aliphatic carbocycles. The predicted octanol–water partition coefficient (Wildman–Crippen LogP) is 3.80. The largest absolute Gasteiger partial charge is 0.481 e. The van der Waals surface area contributed by atoms with E-state index in [4.69, 9.17) is 10.5 Å². The quantitative estimate of drug-likeness (QED) is 0.825. The van der Waals surface area contributed by atoms with Gasteiger partial charge in [0, 0.05) is 0 Å². The number of hydrogen-bond acceptors (Lipinski definition) is 3. The second-order valence-corrected chi connectivity index (χ2v) is 5.56. The molecule has 4 nitrogen and oxygen atoms in total. The third-order valence-electron chi connectivity index (χ3n) is 3.43. The minimum atomic E-state index is -0.609. The van der Waals surface area contributed by atoms with Gasteiger partial charge in [-0.05, 0) is 42.7 Å². The van der Waals surface area contributed by atoms with Crippen LogP contribution >= 0.6 is 0 Å². The van der Waals surface area contributed by atoms with Gasteiger partial charge in [0.05, 0.1) is 11.4 Å². The van der Waals surface area contributed by atoms with E-state index < -0.39 is 6.10 Å². The lowest BCUT2D eigenvalue weighted by molar-refractivity contribution is -0.122. The summed E-state index contributed by atoms with van der Waals surface area (Å²) in [6, 6.07) is 15.0. The maximum atomic E-state index is 12.2. The fourth-order valence-electron chi connectivity index (χ4n) is 2.05. The molecule has 2 rings (SSSR count). The molecule has 0 aromatic heterocycles. The number of ether oxygens (including phenoxy) is 1. The molecule has 0 fully saturated rings. The third-order valence-corrected chi connectivity index (χ3v) is 3.43. The number of rotatable bonds is 5. The molecule has 0 saturated carbocycles. The number of carbonyl (C=O) groups is 1. The molecule has 0 spiro atoms. The normalized spacial score (nSPS) is 12.0. The smallest absolute Gasteiger partial charge is 0.265 e. The van der Waals surface area contributed by atoms with Gasteiger partial charge in [-0.1, -0.05) is 38.1 Å². The van der Waals surface area contributed by atoms with Crippen LogP contribution in [0.25, 0.3) is 0 Å². The fourth-order valence-corrected chi connectivity index (χ4v) is 2.05. The first kappa shape index (κ1) is 15.9. The number of hydrogen-bond donors (Lipinski definition) is 2. The first-order chi connectivity index (χ1) is 10.5. The summed E-state index contributed by atoms with van der Waals surface area (Å²) >= 11 is 0. The number of amides is 1. The molecular formula is C18H22N2O2. The molecular weight excluding hydrogens is 276 g/mol. The zero-order valence-electron chi connectivity index (χ0n) is 13.2. The molecule has 1 amide bonds. The lowest BCUT2D eigenvalue weighted by Gasteiger charge is -2.16. The molecule has 0 bridgehead atoms. The summed E-state index contributed by atoms with van der Waals surface area (Å²) in [5.41, 5.74) is 8.13. The number of nitrogen functional groups attached to an aromatic ring is 1. The summed E-state index contributed by atoms with van der Waals surface area (Å²) in [7, 11) is 0. The van der Waals surface area contributed by atoms with Crippen LogP contribution in [0.4, 0.5) is 11.4 Å². The van der Waals surface area contributed by atoms with Crippen molar-refractivity contribution in [3.05, 3.63) is 54.1 Å². The molecule has 3 N–H and O–H groups in total. The monoisotopic (exact) mass is 298 g/mol. The number of benzene rings is 2. The Morgan fingerprint density at radius 1 is 1.09 bits per heavy atom. The maximum absolute atomic E-state index is 12.2. The Morgan fingerprint density at radius 2 is 1.82 bits per heavy atom. The van der Waals surface area contributed by atoms with Crippen LogP contribution in [-0.2, 0) is 4.79 Å². The molecule has 4 heteroatoms. The van der Waals surface area contributed by atoms with Crippen molar-refractivity contribution < 1.29 is 9.53 Å². The number of para-hydroxylation sites is 2. The molecule has 0 heterocycles. The Balaban J connectivity index is 2.02. The molecule has 1 unspecified atom stereocenters. The summed E-state index contributed by atoms with van der Waals surface area (Å²) in [5.74, 6) is 0.875. The van der Waals surface area contributed by atoms with E-state index in [2.05, 4.69) is 19.2 Å². The van der Waals surface area contributed by atoms with Crippen molar-refractivity contribution in [1.29, 1.82) is 0 Å². The first-order valence-electron chi connectivity index (χ1n) is 7.39. The molecule has 1 atom stereocenters. The van der Waals surface area contributed by atoms with Crippen LogP contribution in [0.5, 0.6) is 5.75 Å². The highest BCUT2D eigenvalue weighted by Gasteiger charge is 2.16. The molecule has 0 radical (unpaired) electrons. The zero-order chi connectivity index (χ0) is 16.1. The van der Waals surface area contributed by atoms with Crippen molar-refractivity contribution in [2.75, 3.05) is 11.1 Å². The number of nitrogens with two attached hydrogens (primary N) is 1. The van der Waals surface area contributed by atoms with Crippen molar-refractivity contribution >= 4 is 17.3 Å². The average molecular weight is 298 g/mol. The molecule has 0 saturated heterocycles. The second-order valence-electron chi connectivity index (χ2n) is 5.56. The molecule has 0 aliphatic rings. The van der Waals surface area contributed by atoms with Crippen LogP contribution in [0.1, 0.15) is 32.3 Å². The van der Waals surface area contributed by atoms with Gasteiger partial charge in [-0.3, -0.25) is 4.79 Å². The van der Waals surface area contributed by atoms with Crippen molar-refractivity contribution in [3.63, 3.8) is 0 Å². The SMILES string of the molecule is CC(Oc1cccc(C(C)C)c1)C(=O)Nc1ccccc1N. The minimum Gasteiger partial charge on any atom is -0.481 e. The fraction of sp³-hybridized carbons (Fsp3) is 0.278. The van der Waals surface area contributed by atoms with Gasteiger partial charge in [0.15, 0.2) is 6.10 Å². The van der Waals surface area contributed by atoms with E-state index in [0.29, 0.717) is 23.0 Å². The molecule has 2 aromatic rings. The Kier molecular flexibility index (Phi) is 5.04. The van der Waals surface area contributed by atoms with E-state index in [1.807, 2.05) is 36.4 Å². The highest BCUT2D eigenvalue weighted by molar-refractivity contribution is 5.96. The van der Waals surface area contributed by atoms with Crippen LogP contribution in [0.15, 0.2) is 48.5 Å². The van der Waals surface area contributed by atoms with E-state index in [0.717, 1.165) is 0 Å². The minimum absolute atomic E-state index is 0.229. The summed E-state index contributed by atoms with van der Waals surface area (Å²) in [6.07, 6.45) is -0.609. The lowest BCUT2D eigenvalue weighted by Crippen LogP contribution is -2.30. The van der Waals surface area contributed by atoms with Crippen LogP contribution in [0.2, 0.25) is 0 Å². The maximum Gasteiger partial charge on any atom is 0.265 e. The van der Waals surface area contributed by atoms with Crippen LogP contribution < -0.4 is 15.8 Å². The summed E-state index contributed by atoms with van der Waals surface area (Å²) in [5, 5.41) is 2.78. The van der Waals surface area contributed by atoms with Crippen molar-refractivity contribution in [2.45, 2.75) is 32.8 Å². The van der Waals surface area contributed by atoms with Gasteiger partial charge < -0.3 is 15.8 Å². The van der Waals surface area contributed by atoms with Gasteiger partial charge in [-0.2, -0.15) is 0 Å². The Hall–Kier alpha value is -2.49. The summed E-state index contributed by atoms with van der Waals surface area (Å²) < 4.78 is 5.73. The average Bonchev–Trinajstić information content (AvgIpc) is 2.49. The molecule has 2 aromatic carbocycles. The van der Waals surface area contributed by atoms with E-state index in [1.165, 1.54) is 5.56 Å². The van der Waals surface area contributed by atoms with Crippen LogP contribution in [0, 0.1) is 0 Å². The van der Waals surface area contributed by atoms with Gasteiger partial charge in [0.25, 0.3) is 5.91 Å². The van der Waals surface area contributed by atoms with Gasteiger partial charge in [0.1, 0.15) is 5.75 Å². The van der Waals surface area contributed by atoms with E-state index in [9.17, 15) is 4.79 Å². The van der Waals surface area contributed by atoms with Gasteiger partial charge >= 0.3 is 0 Å². The first-order valence-corrected chi connectivity index (χ1v) is 7.39. The van der Waals surface area contributed by atoms with E-state index in [1.54, 1.807) is 19.1 Å². The highest BCUT2D eigenvalue weighted by Crippen LogP contribution is 2.22. The predicted molar refractivity (Wildman–Crippen MR) is 90.1 cm³/mol. The second kappa shape index (κ2) is 6.98. The van der Waals surface area contributed by atoms with Gasteiger partial charge in [-0.25, -0.2) is 0 Å². The van der Waals surface area contributed by atoms with E-state index in [-0.39, 0.29) is 5.91 Å². The Labute approximate surface area is 131 Å². The zero-order valence-corrected chi connectivity index (χ0v) is 13.2. The topological polar surface area (TPSA) is 64.3 Å². The van der Waals surface area contributed by atoms with Crippen molar-refractivity contribution in [1.82, 2.24) is 0 Å². The third kappa shape index (κ3) is 4.01. The summed E-state index contributed by atoms with van der Waals surface area (Å²) in [4.78, 5) is 12.2. The standard InChI is InChI=1S/C18H22N2O2/c1-12(2)14-7-6-8-15(11-14)22-13(3)18(21)20-17-10-5-4-9-16(17)19/h4-13H,19H2,1-3H3,(H,20,21). The molecule has 22 heavy (non-hydrogen) atoms. The lowest BCUT2D eigenvalue weighted by atomic mass is 10.0. The Morgan fingerprint density at radius 3 is 2.50 bits per heavy atom. The summed E-state index contributed by atoms with van der Waals surface area (Å²) in [6.45, 7) is 5.96.